The summed E-state index contributed by atoms with van der Waals surface area (Å²) in [7, 11) is 0. The molecule has 0 heterocycles. The maximum absolute atomic E-state index is 12.4. The van der Waals surface area contributed by atoms with Crippen LogP contribution < -0.4 is 0 Å². The van der Waals surface area contributed by atoms with Crippen LogP contribution in [0, 0.1) is 17.3 Å². The summed E-state index contributed by atoms with van der Waals surface area (Å²) in [5.41, 5.74) is -0.274. The van der Waals surface area contributed by atoms with Crippen molar-refractivity contribution in [3.05, 3.63) is 11.0 Å². The molecule has 15 heavy (non-hydrogen) atoms. The third-order valence-corrected chi connectivity index (χ3v) is 2.18. The van der Waals surface area contributed by atoms with Crippen molar-refractivity contribution in [1.82, 2.24) is 0 Å². The molecule has 0 rings (SSSR count). The van der Waals surface area contributed by atoms with Gasteiger partial charge in [0.15, 0.2) is 0 Å². The Balaban J connectivity index is 4.77. The van der Waals surface area contributed by atoms with Crippen molar-refractivity contribution in [1.29, 1.82) is 0 Å². The first-order chi connectivity index (χ1) is 6.67. The summed E-state index contributed by atoms with van der Waals surface area (Å²) < 4.78 is 37.1. The Morgan fingerprint density at radius 1 is 1.27 bits per heavy atom. The maximum Gasteiger partial charge on any atom is 0.422 e. The molecule has 0 aliphatic heterocycles. The number of alkyl halides is 3. The number of rotatable bonds is 2. The summed E-state index contributed by atoms with van der Waals surface area (Å²) in [4.78, 5) is -0.623. The van der Waals surface area contributed by atoms with E-state index in [9.17, 15) is 13.2 Å². The molecule has 0 fully saturated rings. The summed E-state index contributed by atoms with van der Waals surface area (Å²) in [6.45, 7) is 7.25. The minimum absolute atomic E-state index is 0.274. The van der Waals surface area contributed by atoms with E-state index in [1.807, 2.05) is 20.8 Å². The molecule has 0 aromatic heterocycles. The van der Waals surface area contributed by atoms with Crippen LogP contribution in [0.1, 0.15) is 27.7 Å². The highest BCUT2D eigenvalue weighted by Gasteiger charge is 2.33. The van der Waals surface area contributed by atoms with Crippen molar-refractivity contribution in [2.24, 2.45) is 5.41 Å². The normalized spacial score (nSPS) is 13.4. The fourth-order valence-electron chi connectivity index (χ4n) is 0.679. The molecule has 0 aliphatic rings. The second-order valence-corrected chi connectivity index (χ2v) is 5.26. The van der Waals surface area contributed by atoms with E-state index in [1.54, 1.807) is 6.92 Å². The monoisotopic (exact) mass is 236 g/mol. The molecule has 0 bridgehead atoms. The van der Waals surface area contributed by atoms with E-state index in [2.05, 4.69) is 11.8 Å². The first-order valence-corrected chi connectivity index (χ1v) is 5.58. The van der Waals surface area contributed by atoms with Crippen LogP contribution in [0.2, 0.25) is 0 Å². The zero-order chi connectivity index (χ0) is 12.1. The smallest absolute Gasteiger partial charge is 0.166 e. The Kier molecular flexibility index (Phi) is 5.30. The van der Waals surface area contributed by atoms with E-state index >= 15 is 0 Å². The molecule has 0 atom stereocenters. The first kappa shape index (κ1) is 14.4. The number of halogens is 3. The van der Waals surface area contributed by atoms with E-state index < -0.39 is 11.1 Å². The quantitative estimate of drug-likeness (QED) is 0.646. The summed E-state index contributed by atoms with van der Waals surface area (Å²) in [5.74, 6) is 5.60. The fraction of sp³-hybridized carbons (Fsp3) is 0.636. The Morgan fingerprint density at radius 3 is 2.13 bits per heavy atom. The molecule has 0 N–H and O–H groups in total. The molecule has 0 aliphatic carbocycles. The first-order valence-electron chi connectivity index (χ1n) is 4.59. The second kappa shape index (κ2) is 5.50. The van der Waals surface area contributed by atoms with Crippen LogP contribution in [-0.2, 0) is 0 Å². The van der Waals surface area contributed by atoms with Gasteiger partial charge in [-0.25, -0.2) is 0 Å². The SMILES string of the molecule is CCSC(=CC#CC(C)(C)C)C(F)(F)F. The van der Waals surface area contributed by atoms with Gasteiger partial charge in [0.1, 0.15) is 0 Å². The van der Waals surface area contributed by atoms with E-state index in [0.717, 1.165) is 17.8 Å². The lowest BCUT2D eigenvalue weighted by molar-refractivity contribution is -0.0835. The molecular formula is C11H15F3S. The topological polar surface area (TPSA) is 0 Å². The molecule has 0 saturated heterocycles. The van der Waals surface area contributed by atoms with Gasteiger partial charge in [0.25, 0.3) is 0 Å². The van der Waals surface area contributed by atoms with Crippen LogP contribution in [0.5, 0.6) is 0 Å². The molecule has 0 aromatic rings. The lowest BCUT2D eigenvalue weighted by Crippen LogP contribution is -2.09. The van der Waals surface area contributed by atoms with Crippen LogP contribution in [0.25, 0.3) is 0 Å². The van der Waals surface area contributed by atoms with E-state index in [1.165, 1.54) is 0 Å². The minimum atomic E-state index is -4.28. The van der Waals surface area contributed by atoms with Gasteiger partial charge in [0.2, 0.25) is 0 Å². The summed E-state index contributed by atoms with van der Waals surface area (Å²) in [5, 5.41) is 0. The lowest BCUT2D eigenvalue weighted by atomic mass is 9.98. The molecule has 0 saturated carbocycles. The van der Waals surface area contributed by atoms with Gasteiger partial charge in [-0.2, -0.15) is 13.2 Å². The summed E-state index contributed by atoms with van der Waals surface area (Å²) in [6.07, 6.45) is -3.33. The zero-order valence-corrected chi connectivity index (χ0v) is 10.1. The van der Waals surface area contributed by atoms with Gasteiger partial charge in [-0.3, -0.25) is 0 Å². The zero-order valence-electron chi connectivity index (χ0n) is 9.33. The van der Waals surface area contributed by atoms with Gasteiger partial charge < -0.3 is 0 Å². The summed E-state index contributed by atoms with van der Waals surface area (Å²) in [6, 6.07) is 0. The third-order valence-electron chi connectivity index (χ3n) is 1.23. The fourth-order valence-corrected chi connectivity index (χ4v) is 1.30. The maximum atomic E-state index is 12.4. The Bertz CT molecular complexity index is 284. The van der Waals surface area contributed by atoms with Crippen molar-refractivity contribution in [2.45, 2.75) is 33.9 Å². The highest BCUT2D eigenvalue weighted by Crippen LogP contribution is 2.33. The van der Waals surface area contributed by atoms with Crippen molar-refractivity contribution in [2.75, 3.05) is 5.75 Å². The highest BCUT2D eigenvalue weighted by molar-refractivity contribution is 8.03. The third kappa shape index (κ3) is 7.38. The van der Waals surface area contributed by atoms with Crippen molar-refractivity contribution in [3.8, 4) is 11.8 Å². The van der Waals surface area contributed by atoms with Gasteiger partial charge in [-0.05, 0) is 26.5 Å². The van der Waals surface area contributed by atoms with Gasteiger partial charge >= 0.3 is 6.18 Å². The Labute approximate surface area is 93.3 Å². The molecule has 4 heteroatoms. The van der Waals surface area contributed by atoms with Crippen LogP contribution in [-0.4, -0.2) is 11.9 Å². The molecule has 0 unspecified atom stereocenters. The van der Waals surface area contributed by atoms with Gasteiger partial charge in [0.05, 0.1) is 4.91 Å². The molecule has 0 amide bonds. The van der Waals surface area contributed by atoms with Crippen molar-refractivity contribution < 1.29 is 13.2 Å². The Hall–Kier alpha value is -0.560. The Morgan fingerprint density at radius 2 is 1.80 bits per heavy atom. The van der Waals surface area contributed by atoms with Gasteiger partial charge in [-0.1, -0.05) is 18.8 Å². The molecular weight excluding hydrogens is 221 g/mol. The minimum Gasteiger partial charge on any atom is -0.166 e. The predicted molar refractivity (Wildman–Crippen MR) is 59.5 cm³/mol. The predicted octanol–water partition coefficient (Wildman–Crippen LogP) is 4.24. The lowest BCUT2D eigenvalue weighted by Gasteiger charge is -2.09. The van der Waals surface area contributed by atoms with Gasteiger partial charge in [-0.15, -0.1) is 11.8 Å². The van der Waals surface area contributed by atoms with Gasteiger partial charge in [0, 0.05) is 11.5 Å². The van der Waals surface area contributed by atoms with E-state index in [4.69, 9.17) is 0 Å². The van der Waals surface area contributed by atoms with E-state index in [0.29, 0.717) is 5.75 Å². The van der Waals surface area contributed by atoms with Crippen LogP contribution in [0.3, 0.4) is 0 Å². The van der Waals surface area contributed by atoms with Crippen molar-refractivity contribution >= 4 is 11.8 Å². The summed E-state index contributed by atoms with van der Waals surface area (Å²) >= 11 is 0.768. The van der Waals surface area contributed by atoms with Crippen LogP contribution in [0.4, 0.5) is 13.2 Å². The van der Waals surface area contributed by atoms with E-state index in [-0.39, 0.29) is 5.41 Å². The van der Waals surface area contributed by atoms with Crippen LogP contribution >= 0.6 is 11.8 Å². The number of hydrogen-bond donors (Lipinski definition) is 0. The number of allylic oxidation sites excluding steroid dienone is 2. The average molecular weight is 236 g/mol. The molecule has 86 valence electrons. The van der Waals surface area contributed by atoms with Crippen molar-refractivity contribution in [3.63, 3.8) is 0 Å². The second-order valence-electron chi connectivity index (χ2n) is 3.96. The number of thioether (sulfide) groups is 1. The van der Waals surface area contributed by atoms with Crippen LogP contribution in [0.15, 0.2) is 11.0 Å². The average Bonchev–Trinajstić information content (AvgIpc) is 1.98. The largest absolute Gasteiger partial charge is 0.422 e. The molecule has 0 radical (unpaired) electrons. The number of hydrogen-bond acceptors (Lipinski definition) is 1. The standard InChI is InChI=1S/C11H15F3S/c1-5-15-9(11(12,13)14)7-6-8-10(2,3)4/h7H,5H2,1-4H3. The molecule has 0 spiro atoms. The molecule has 0 nitrogen and oxygen atoms in total. The highest BCUT2D eigenvalue weighted by atomic mass is 32.2. The molecule has 0 aromatic carbocycles.